The second-order valence-electron chi connectivity index (χ2n) is 7.24. The lowest BCUT2D eigenvalue weighted by atomic mass is 10.0. The second-order valence-corrected chi connectivity index (χ2v) is 9.14. The summed E-state index contributed by atoms with van der Waals surface area (Å²) in [5, 5.41) is 0.617. The summed E-state index contributed by atoms with van der Waals surface area (Å²) < 4.78 is 15.9. The van der Waals surface area contributed by atoms with Crippen LogP contribution < -0.4 is 0 Å². The highest BCUT2D eigenvalue weighted by molar-refractivity contribution is 9.10. The molecule has 1 saturated heterocycles. The summed E-state index contributed by atoms with van der Waals surface area (Å²) in [5.41, 5.74) is 2.31. The number of rotatable bonds is 7. The zero-order chi connectivity index (χ0) is 20.3. The molecule has 0 bridgehead atoms. The van der Waals surface area contributed by atoms with Gasteiger partial charge in [0, 0.05) is 28.3 Å². The number of imidazole rings is 1. The standard InChI is InChI=1S/C22H22BrClN2O2S/c23-18-5-1-16(2-6-18)9-10-22(14-26-12-11-25-15-26)27-13-20(28-22)21(29)17-3-7-19(24)8-4-17/h1-8,11-12,15,20-21,29H,9-10,13-14H2. The number of hydrogen-bond acceptors (Lipinski definition) is 4. The number of hydrogen-bond donors (Lipinski definition) is 1. The number of aromatic nitrogens is 2. The van der Waals surface area contributed by atoms with E-state index in [-0.39, 0.29) is 11.4 Å². The summed E-state index contributed by atoms with van der Waals surface area (Å²) >= 11 is 14.3. The molecule has 3 aromatic rings. The zero-order valence-corrected chi connectivity index (χ0v) is 19.0. The molecule has 0 spiro atoms. The van der Waals surface area contributed by atoms with Gasteiger partial charge in [-0.2, -0.15) is 12.6 Å². The number of thiol groups is 1. The van der Waals surface area contributed by atoms with Crippen LogP contribution in [0.5, 0.6) is 0 Å². The van der Waals surface area contributed by atoms with Crippen LogP contribution in [0.3, 0.4) is 0 Å². The van der Waals surface area contributed by atoms with E-state index < -0.39 is 5.79 Å². The van der Waals surface area contributed by atoms with Crippen molar-refractivity contribution in [2.45, 2.75) is 36.5 Å². The van der Waals surface area contributed by atoms with Crippen LogP contribution in [0.2, 0.25) is 5.02 Å². The van der Waals surface area contributed by atoms with Gasteiger partial charge in [-0.3, -0.25) is 0 Å². The maximum atomic E-state index is 6.52. The molecule has 1 aromatic heterocycles. The average molecular weight is 494 g/mol. The summed E-state index contributed by atoms with van der Waals surface area (Å²) in [7, 11) is 0. The molecule has 2 aromatic carbocycles. The predicted molar refractivity (Wildman–Crippen MR) is 121 cm³/mol. The molecule has 0 N–H and O–H groups in total. The Hall–Kier alpha value is -1.31. The van der Waals surface area contributed by atoms with Gasteiger partial charge in [0.25, 0.3) is 0 Å². The molecule has 4 rings (SSSR count). The highest BCUT2D eigenvalue weighted by Crippen LogP contribution is 2.38. The summed E-state index contributed by atoms with van der Waals surface area (Å²) in [4.78, 5) is 4.15. The molecule has 0 amide bonds. The Morgan fingerprint density at radius 2 is 1.97 bits per heavy atom. The van der Waals surface area contributed by atoms with Gasteiger partial charge >= 0.3 is 0 Å². The highest BCUT2D eigenvalue weighted by atomic mass is 79.9. The normalized spacial score (nSPS) is 22.7. The molecule has 1 aliphatic heterocycles. The lowest BCUT2D eigenvalue weighted by Crippen LogP contribution is -2.37. The van der Waals surface area contributed by atoms with Crippen molar-refractivity contribution in [2.24, 2.45) is 0 Å². The zero-order valence-electron chi connectivity index (χ0n) is 15.7. The Bertz CT molecular complexity index is 921. The molecule has 0 radical (unpaired) electrons. The molecule has 1 fully saturated rings. The lowest BCUT2D eigenvalue weighted by molar-refractivity contribution is -0.182. The minimum absolute atomic E-state index is 0.0930. The first-order valence-corrected chi connectivity index (χ1v) is 11.2. The minimum Gasteiger partial charge on any atom is -0.345 e. The van der Waals surface area contributed by atoms with Crippen LogP contribution in [-0.2, 0) is 22.4 Å². The summed E-state index contributed by atoms with van der Waals surface area (Å²) in [6.07, 6.45) is 6.94. The van der Waals surface area contributed by atoms with Gasteiger partial charge in [-0.1, -0.05) is 51.8 Å². The van der Waals surface area contributed by atoms with E-state index in [1.54, 1.807) is 12.5 Å². The smallest absolute Gasteiger partial charge is 0.187 e. The van der Waals surface area contributed by atoms with Crippen LogP contribution in [0.1, 0.15) is 22.8 Å². The van der Waals surface area contributed by atoms with Gasteiger partial charge < -0.3 is 14.0 Å². The van der Waals surface area contributed by atoms with Crippen molar-refractivity contribution >= 4 is 40.2 Å². The van der Waals surface area contributed by atoms with Crippen LogP contribution in [0.25, 0.3) is 0 Å². The number of halogens is 2. The van der Waals surface area contributed by atoms with Gasteiger partial charge in [0.05, 0.1) is 24.7 Å². The van der Waals surface area contributed by atoms with Gasteiger partial charge in [0.2, 0.25) is 0 Å². The van der Waals surface area contributed by atoms with Gasteiger partial charge in [0.1, 0.15) is 6.10 Å². The van der Waals surface area contributed by atoms with E-state index in [1.807, 2.05) is 35.0 Å². The van der Waals surface area contributed by atoms with E-state index >= 15 is 0 Å². The molecular formula is C22H22BrClN2O2S. The Kier molecular flexibility index (Phi) is 6.66. The van der Waals surface area contributed by atoms with Crippen molar-refractivity contribution in [1.82, 2.24) is 9.55 Å². The van der Waals surface area contributed by atoms with Crippen molar-refractivity contribution in [3.63, 3.8) is 0 Å². The van der Waals surface area contributed by atoms with E-state index in [1.165, 1.54) is 5.56 Å². The maximum Gasteiger partial charge on any atom is 0.187 e. The number of aryl methyl sites for hydroxylation is 1. The molecule has 2 heterocycles. The molecule has 3 unspecified atom stereocenters. The van der Waals surface area contributed by atoms with Crippen LogP contribution in [-0.4, -0.2) is 28.0 Å². The van der Waals surface area contributed by atoms with E-state index in [0.717, 1.165) is 22.9 Å². The molecule has 7 heteroatoms. The first-order chi connectivity index (χ1) is 14.0. The fourth-order valence-corrected chi connectivity index (χ4v) is 4.25. The summed E-state index contributed by atoms with van der Waals surface area (Å²) in [5.74, 6) is -0.716. The molecule has 29 heavy (non-hydrogen) atoms. The molecule has 1 aliphatic rings. The number of ether oxygens (including phenoxy) is 2. The van der Waals surface area contributed by atoms with E-state index in [9.17, 15) is 0 Å². The van der Waals surface area contributed by atoms with E-state index in [2.05, 4.69) is 45.2 Å². The second kappa shape index (κ2) is 9.23. The van der Waals surface area contributed by atoms with Crippen molar-refractivity contribution in [3.8, 4) is 0 Å². The Morgan fingerprint density at radius 1 is 1.21 bits per heavy atom. The molecule has 4 nitrogen and oxygen atoms in total. The largest absolute Gasteiger partial charge is 0.345 e. The molecule has 0 saturated carbocycles. The quantitative estimate of drug-likeness (QED) is 0.428. The monoisotopic (exact) mass is 492 g/mol. The molecule has 0 aliphatic carbocycles. The SMILES string of the molecule is SC(c1ccc(Cl)cc1)C1COC(CCc2ccc(Br)cc2)(Cn2ccnc2)O1. The number of nitrogens with zero attached hydrogens (tertiary/aromatic N) is 2. The van der Waals surface area contributed by atoms with E-state index in [0.29, 0.717) is 18.2 Å². The van der Waals surface area contributed by atoms with Crippen LogP contribution >= 0.6 is 40.2 Å². The third-order valence-corrected chi connectivity index (χ3v) is 6.54. The lowest BCUT2D eigenvalue weighted by Gasteiger charge is -2.29. The average Bonchev–Trinajstić information content (AvgIpc) is 3.38. The molecular weight excluding hydrogens is 472 g/mol. The van der Waals surface area contributed by atoms with Crippen molar-refractivity contribution in [3.05, 3.63) is 87.9 Å². The van der Waals surface area contributed by atoms with Crippen LogP contribution in [0, 0.1) is 0 Å². The topological polar surface area (TPSA) is 36.3 Å². The first-order valence-electron chi connectivity index (χ1n) is 9.48. The minimum atomic E-state index is -0.716. The third kappa shape index (κ3) is 5.25. The first kappa shape index (κ1) is 20.9. The summed E-state index contributed by atoms with van der Waals surface area (Å²) in [6.45, 7) is 1.08. The van der Waals surface area contributed by atoms with Gasteiger partial charge in [-0.05, 0) is 41.8 Å². The predicted octanol–water partition coefficient (Wildman–Crippen LogP) is 5.71. The Balaban J connectivity index is 1.49. The third-order valence-electron chi connectivity index (χ3n) is 5.13. The molecule has 3 atom stereocenters. The van der Waals surface area contributed by atoms with E-state index in [4.69, 9.17) is 33.7 Å². The van der Waals surface area contributed by atoms with Gasteiger partial charge in [-0.25, -0.2) is 4.98 Å². The fraction of sp³-hybridized carbons (Fsp3) is 0.318. The van der Waals surface area contributed by atoms with Gasteiger partial charge in [0.15, 0.2) is 5.79 Å². The van der Waals surface area contributed by atoms with Crippen molar-refractivity contribution < 1.29 is 9.47 Å². The Morgan fingerprint density at radius 3 is 2.66 bits per heavy atom. The fourth-order valence-electron chi connectivity index (χ4n) is 3.55. The van der Waals surface area contributed by atoms with Gasteiger partial charge in [-0.15, -0.1) is 0 Å². The van der Waals surface area contributed by atoms with Crippen molar-refractivity contribution in [2.75, 3.05) is 6.61 Å². The van der Waals surface area contributed by atoms with Crippen LogP contribution in [0.15, 0.2) is 71.7 Å². The Labute approximate surface area is 189 Å². The molecule has 152 valence electrons. The summed E-state index contributed by atoms with van der Waals surface area (Å²) in [6, 6.07) is 16.1. The van der Waals surface area contributed by atoms with Crippen LogP contribution in [0.4, 0.5) is 0 Å². The van der Waals surface area contributed by atoms with Crippen molar-refractivity contribution in [1.29, 1.82) is 0 Å². The number of benzene rings is 2. The highest BCUT2D eigenvalue weighted by Gasteiger charge is 2.44. The maximum absolute atomic E-state index is 6.52.